The van der Waals surface area contributed by atoms with Crippen molar-refractivity contribution in [2.24, 2.45) is 16.0 Å². The van der Waals surface area contributed by atoms with Crippen molar-refractivity contribution in [2.45, 2.75) is 39.7 Å². The van der Waals surface area contributed by atoms with Gasteiger partial charge in [-0.3, -0.25) is 14.2 Å². The van der Waals surface area contributed by atoms with Gasteiger partial charge in [-0.05, 0) is 56.7 Å². The number of hydrogen-bond donors (Lipinski definition) is 0. The fraction of sp³-hybridized carbons (Fsp3) is 0.323. The van der Waals surface area contributed by atoms with E-state index < -0.39 is 17.9 Å². The summed E-state index contributed by atoms with van der Waals surface area (Å²) in [5, 5.41) is 5.82. The van der Waals surface area contributed by atoms with Crippen LogP contribution in [0.25, 0.3) is 6.08 Å². The molecule has 0 saturated carbocycles. The van der Waals surface area contributed by atoms with Crippen LogP contribution in [0.5, 0.6) is 11.5 Å². The van der Waals surface area contributed by atoms with Crippen LogP contribution < -0.4 is 29.4 Å². The predicted molar refractivity (Wildman–Crippen MR) is 161 cm³/mol. The van der Waals surface area contributed by atoms with Gasteiger partial charge in [0.25, 0.3) is 11.5 Å². The van der Waals surface area contributed by atoms with Crippen molar-refractivity contribution in [3.8, 4) is 11.5 Å². The number of amides is 1. The number of para-hydroxylation sites is 1. The van der Waals surface area contributed by atoms with E-state index >= 15 is 0 Å². The lowest BCUT2D eigenvalue weighted by atomic mass is 9.93. The summed E-state index contributed by atoms with van der Waals surface area (Å²) in [4.78, 5) is 46.3. The summed E-state index contributed by atoms with van der Waals surface area (Å²) >= 11 is 1.17. The summed E-state index contributed by atoms with van der Waals surface area (Å²) in [5.41, 5.74) is 2.20. The minimum absolute atomic E-state index is 0.161. The average Bonchev–Trinajstić information content (AvgIpc) is 3.46. The maximum atomic E-state index is 14.2. The van der Waals surface area contributed by atoms with Crippen LogP contribution in [-0.2, 0) is 14.3 Å². The molecule has 0 saturated heterocycles. The summed E-state index contributed by atoms with van der Waals surface area (Å²) in [6.07, 6.45) is 2.86. The van der Waals surface area contributed by atoms with Gasteiger partial charge in [0.1, 0.15) is 23.5 Å². The quantitative estimate of drug-likeness (QED) is 0.353. The fourth-order valence-corrected chi connectivity index (χ4v) is 6.19. The zero-order valence-corrected chi connectivity index (χ0v) is 24.9. The number of nitrogens with zero attached hydrogens (tertiary/aromatic N) is 4. The molecule has 0 bridgehead atoms. The Labute approximate surface area is 246 Å². The van der Waals surface area contributed by atoms with Gasteiger partial charge in [0.15, 0.2) is 4.80 Å². The number of methoxy groups -OCH3 is 2. The zero-order valence-electron chi connectivity index (χ0n) is 24.1. The van der Waals surface area contributed by atoms with E-state index in [1.807, 2.05) is 25.1 Å². The minimum atomic E-state index is -0.885. The molecule has 42 heavy (non-hydrogen) atoms. The molecule has 5 rings (SSSR count). The summed E-state index contributed by atoms with van der Waals surface area (Å²) in [6.45, 7) is 5.65. The Morgan fingerprint density at radius 2 is 1.83 bits per heavy atom. The number of hydrazone groups is 1. The molecule has 2 aliphatic rings. The predicted octanol–water partition coefficient (Wildman–Crippen LogP) is 3.59. The number of allylic oxidation sites excluding steroid dienone is 1. The standard InChI is InChI=1S/C31H32N4O6S/c1-6-11-23-26(30(38)41-7-2)27(22-16-20(39-4)14-15-24(22)40-5)34-29(37)25(42-31(34)32-23)17-21-18(3)33-35(28(21)36)19-12-9-8-10-13-19/h8-10,12-17,21,27H,6-7,11H2,1-5H3/b25-17-/t21-,27+/m0/s1. The molecule has 1 amide bonds. The zero-order chi connectivity index (χ0) is 30.0. The monoisotopic (exact) mass is 588 g/mol. The molecule has 0 radical (unpaired) electrons. The lowest BCUT2D eigenvalue weighted by Crippen LogP contribution is -2.40. The van der Waals surface area contributed by atoms with Gasteiger partial charge in [-0.15, -0.1) is 0 Å². The third-order valence-electron chi connectivity index (χ3n) is 7.13. The molecule has 218 valence electrons. The van der Waals surface area contributed by atoms with Crippen LogP contribution >= 0.6 is 11.3 Å². The second-order valence-electron chi connectivity index (χ2n) is 9.75. The largest absolute Gasteiger partial charge is 0.497 e. The first-order chi connectivity index (χ1) is 20.3. The van der Waals surface area contributed by atoms with Crippen LogP contribution in [0.1, 0.15) is 45.2 Å². The van der Waals surface area contributed by atoms with Crippen LogP contribution in [0.2, 0.25) is 0 Å². The molecular weight excluding hydrogens is 556 g/mol. The third kappa shape index (κ3) is 5.16. The maximum absolute atomic E-state index is 14.2. The number of benzene rings is 2. The van der Waals surface area contributed by atoms with Crippen LogP contribution in [0, 0.1) is 5.92 Å². The normalized spacial score (nSPS) is 18.5. The van der Waals surface area contributed by atoms with Gasteiger partial charge >= 0.3 is 5.97 Å². The number of esters is 1. The number of carbonyl (C=O) groups excluding carboxylic acids is 2. The molecule has 10 nitrogen and oxygen atoms in total. The molecule has 1 aromatic heterocycles. The summed E-state index contributed by atoms with van der Waals surface area (Å²) in [5.74, 6) is -0.524. The van der Waals surface area contributed by atoms with E-state index in [0.29, 0.717) is 49.9 Å². The maximum Gasteiger partial charge on any atom is 0.338 e. The molecule has 0 fully saturated rings. The Bertz CT molecular complexity index is 1770. The highest BCUT2D eigenvalue weighted by Gasteiger charge is 2.37. The van der Waals surface area contributed by atoms with Gasteiger partial charge < -0.3 is 14.2 Å². The highest BCUT2D eigenvalue weighted by molar-refractivity contribution is 7.07. The average molecular weight is 589 g/mol. The summed E-state index contributed by atoms with van der Waals surface area (Å²) in [6, 6.07) is 13.5. The number of anilines is 1. The minimum Gasteiger partial charge on any atom is -0.497 e. The van der Waals surface area contributed by atoms with Crippen LogP contribution in [0.4, 0.5) is 5.69 Å². The molecule has 2 atom stereocenters. The van der Waals surface area contributed by atoms with Crippen molar-refractivity contribution < 1.29 is 23.8 Å². The van der Waals surface area contributed by atoms with Crippen molar-refractivity contribution in [3.05, 3.63) is 85.1 Å². The van der Waals surface area contributed by atoms with Gasteiger partial charge in [0.2, 0.25) is 0 Å². The fourth-order valence-electron chi connectivity index (χ4n) is 5.16. The molecule has 0 unspecified atom stereocenters. The number of ether oxygens (including phenoxy) is 3. The van der Waals surface area contributed by atoms with E-state index in [4.69, 9.17) is 19.2 Å². The van der Waals surface area contributed by atoms with Crippen LogP contribution in [0.15, 0.2) is 74.7 Å². The highest BCUT2D eigenvalue weighted by atomic mass is 32.1. The van der Waals surface area contributed by atoms with Crippen molar-refractivity contribution in [1.82, 2.24) is 4.57 Å². The van der Waals surface area contributed by atoms with E-state index in [9.17, 15) is 14.4 Å². The number of fused-ring (bicyclic) bond motifs is 1. The smallest absolute Gasteiger partial charge is 0.338 e. The van der Waals surface area contributed by atoms with E-state index in [1.165, 1.54) is 28.0 Å². The summed E-state index contributed by atoms with van der Waals surface area (Å²) < 4.78 is 18.5. The van der Waals surface area contributed by atoms with Gasteiger partial charge in [0.05, 0.1) is 48.0 Å². The Morgan fingerprint density at radius 1 is 1.07 bits per heavy atom. The van der Waals surface area contributed by atoms with Crippen molar-refractivity contribution in [3.63, 3.8) is 0 Å². The van der Waals surface area contributed by atoms with Gasteiger partial charge in [-0.25, -0.2) is 9.79 Å². The molecule has 2 aromatic carbocycles. The second kappa shape index (κ2) is 12.2. The van der Waals surface area contributed by atoms with E-state index in [-0.39, 0.29) is 23.6 Å². The molecule has 0 N–H and O–H groups in total. The van der Waals surface area contributed by atoms with Gasteiger partial charge in [0, 0.05) is 5.56 Å². The van der Waals surface area contributed by atoms with Crippen molar-refractivity contribution in [1.29, 1.82) is 0 Å². The number of thiazole rings is 1. The van der Waals surface area contributed by atoms with E-state index in [1.54, 1.807) is 57.4 Å². The lowest BCUT2D eigenvalue weighted by Gasteiger charge is -2.27. The number of carbonyl (C=O) groups is 2. The third-order valence-corrected chi connectivity index (χ3v) is 8.13. The van der Waals surface area contributed by atoms with Crippen molar-refractivity contribution >= 4 is 40.7 Å². The first kappa shape index (κ1) is 29.0. The van der Waals surface area contributed by atoms with Crippen LogP contribution in [-0.4, -0.2) is 43.0 Å². The number of hydrogen-bond acceptors (Lipinski definition) is 9. The van der Waals surface area contributed by atoms with Gasteiger partial charge in [-0.2, -0.15) is 10.1 Å². The molecule has 3 heterocycles. The van der Waals surface area contributed by atoms with Crippen molar-refractivity contribution in [2.75, 3.05) is 25.8 Å². The Morgan fingerprint density at radius 3 is 2.50 bits per heavy atom. The van der Waals surface area contributed by atoms with Crippen LogP contribution in [0.3, 0.4) is 0 Å². The van der Waals surface area contributed by atoms with Gasteiger partial charge in [-0.1, -0.05) is 42.9 Å². The topological polar surface area (TPSA) is 112 Å². The second-order valence-corrected chi connectivity index (χ2v) is 10.8. The molecule has 0 spiro atoms. The Balaban J connectivity index is 1.72. The number of aromatic nitrogens is 1. The van der Waals surface area contributed by atoms with E-state index in [2.05, 4.69) is 5.10 Å². The SMILES string of the molecule is CCCC1=C(C(=O)OCC)[C@@H](c2cc(OC)ccc2OC)n2c(s/c(=C\[C@@H]3C(=O)N(c4ccccc4)N=C3C)c2=O)=N1. The molecule has 3 aromatic rings. The molecule has 2 aliphatic heterocycles. The Hall–Kier alpha value is -4.51. The lowest BCUT2D eigenvalue weighted by molar-refractivity contribution is -0.139. The van der Waals surface area contributed by atoms with E-state index in [0.717, 1.165) is 6.42 Å². The first-order valence-corrected chi connectivity index (χ1v) is 14.5. The highest BCUT2D eigenvalue weighted by Crippen LogP contribution is 2.38. The first-order valence-electron chi connectivity index (χ1n) is 13.7. The number of rotatable bonds is 9. The molecule has 11 heteroatoms. The Kier molecular flexibility index (Phi) is 8.39. The molecular formula is C31H32N4O6S. The molecule has 0 aliphatic carbocycles. The summed E-state index contributed by atoms with van der Waals surface area (Å²) in [7, 11) is 3.07.